The third-order valence-corrected chi connectivity index (χ3v) is 3.74. The lowest BCUT2D eigenvalue weighted by atomic mass is 9.98. The molecule has 4 heteroatoms. The van der Waals surface area contributed by atoms with Crippen LogP contribution >= 0.6 is 11.3 Å². The summed E-state index contributed by atoms with van der Waals surface area (Å²) >= 11 is 1.69. The van der Waals surface area contributed by atoms with Gasteiger partial charge < -0.3 is 10.6 Å². The van der Waals surface area contributed by atoms with Crippen molar-refractivity contribution in [2.75, 3.05) is 19.0 Å². The van der Waals surface area contributed by atoms with Gasteiger partial charge in [0.1, 0.15) is 0 Å². The summed E-state index contributed by atoms with van der Waals surface area (Å²) in [5.74, 6) is 0.424. The molecule has 3 nitrogen and oxygen atoms in total. The lowest BCUT2D eigenvalue weighted by molar-refractivity contribution is 0.553. The minimum Gasteiger partial charge on any atom is -0.354 e. The second kappa shape index (κ2) is 4.10. The van der Waals surface area contributed by atoms with Gasteiger partial charge in [-0.1, -0.05) is 25.2 Å². The van der Waals surface area contributed by atoms with Crippen LogP contribution in [0.25, 0.3) is 0 Å². The highest BCUT2D eigenvalue weighted by Crippen LogP contribution is 2.35. The average Bonchev–Trinajstić information content (AvgIpc) is 2.45. The van der Waals surface area contributed by atoms with Crippen LogP contribution in [0, 0.1) is 0 Å². The molecule has 0 aromatic carbocycles. The first-order valence-corrected chi connectivity index (χ1v) is 6.02. The second-order valence-corrected chi connectivity index (χ2v) is 5.96. The summed E-state index contributed by atoms with van der Waals surface area (Å²) in [6, 6.07) is 0. The van der Waals surface area contributed by atoms with Crippen LogP contribution in [0.5, 0.6) is 0 Å². The van der Waals surface area contributed by atoms with E-state index < -0.39 is 0 Å². The molecular formula is C11H21N3S. The number of thiazole rings is 1. The molecule has 0 atom stereocenters. The van der Waals surface area contributed by atoms with Gasteiger partial charge in [-0.25, -0.2) is 4.98 Å². The van der Waals surface area contributed by atoms with Gasteiger partial charge in [-0.3, -0.25) is 0 Å². The molecule has 1 aromatic heterocycles. The first-order valence-electron chi connectivity index (χ1n) is 5.21. The van der Waals surface area contributed by atoms with Gasteiger partial charge in [-0.2, -0.15) is 0 Å². The Kier molecular flexibility index (Phi) is 3.41. The molecule has 0 aliphatic rings. The van der Waals surface area contributed by atoms with Crippen molar-refractivity contribution in [1.82, 2.24) is 4.98 Å². The molecule has 1 rings (SSSR count). The number of nitrogens with zero attached hydrogens (tertiary/aromatic N) is 2. The molecule has 86 valence electrons. The third-order valence-electron chi connectivity index (χ3n) is 2.16. The van der Waals surface area contributed by atoms with E-state index >= 15 is 0 Å². The molecule has 0 aliphatic heterocycles. The van der Waals surface area contributed by atoms with E-state index in [2.05, 4.69) is 18.8 Å². The van der Waals surface area contributed by atoms with Crippen LogP contribution in [0.4, 0.5) is 5.13 Å². The van der Waals surface area contributed by atoms with E-state index in [1.807, 2.05) is 32.8 Å². The van der Waals surface area contributed by atoms with E-state index in [4.69, 9.17) is 5.73 Å². The Balaban J connectivity index is 3.24. The fourth-order valence-corrected chi connectivity index (χ4v) is 2.52. The quantitative estimate of drug-likeness (QED) is 0.863. The third kappa shape index (κ3) is 2.69. The van der Waals surface area contributed by atoms with Crippen LogP contribution in [-0.4, -0.2) is 19.1 Å². The Morgan fingerprint density at radius 1 is 1.33 bits per heavy atom. The smallest absolute Gasteiger partial charge is 0.185 e. The van der Waals surface area contributed by atoms with Crippen LogP contribution in [0.2, 0.25) is 0 Å². The van der Waals surface area contributed by atoms with Crippen molar-refractivity contribution >= 4 is 16.5 Å². The second-order valence-electron chi connectivity index (χ2n) is 4.98. The largest absolute Gasteiger partial charge is 0.354 e. The van der Waals surface area contributed by atoms with E-state index in [-0.39, 0.29) is 5.54 Å². The predicted molar refractivity (Wildman–Crippen MR) is 67.7 cm³/mol. The highest BCUT2D eigenvalue weighted by Gasteiger charge is 2.25. The number of anilines is 1. The van der Waals surface area contributed by atoms with Gasteiger partial charge in [0.15, 0.2) is 5.13 Å². The Labute approximate surface area is 96.3 Å². The molecule has 0 radical (unpaired) electrons. The summed E-state index contributed by atoms with van der Waals surface area (Å²) in [6.07, 6.45) is 0. The molecule has 0 amide bonds. The van der Waals surface area contributed by atoms with Crippen molar-refractivity contribution in [2.45, 2.75) is 39.2 Å². The molecule has 0 spiro atoms. The lowest BCUT2D eigenvalue weighted by Gasteiger charge is -2.19. The van der Waals surface area contributed by atoms with Gasteiger partial charge in [0.25, 0.3) is 0 Å². The van der Waals surface area contributed by atoms with Gasteiger partial charge >= 0.3 is 0 Å². The molecule has 0 fully saturated rings. The first-order chi connectivity index (χ1) is 6.73. The summed E-state index contributed by atoms with van der Waals surface area (Å²) in [6.45, 7) is 8.38. The normalized spacial score (nSPS) is 12.3. The summed E-state index contributed by atoms with van der Waals surface area (Å²) < 4.78 is 0. The van der Waals surface area contributed by atoms with Crippen molar-refractivity contribution in [3.05, 3.63) is 10.6 Å². The van der Waals surface area contributed by atoms with Gasteiger partial charge in [0.2, 0.25) is 0 Å². The summed E-state index contributed by atoms with van der Waals surface area (Å²) in [7, 11) is 4.02. The zero-order chi connectivity index (χ0) is 11.8. The van der Waals surface area contributed by atoms with Crippen LogP contribution in [0.3, 0.4) is 0 Å². The van der Waals surface area contributed by atoms with E-state index in [9.17, 15) is 0 Å². The van der Waals surface area contributed by atoms with Crippen molar-refractivity contribution in [2.24, 2.45) is 5.73 Å². The van der Waals surface area contributed by atoms with Gasteiger partial charge in [-0.05, 0) is 19.8 Å². The number of hydrogen-bond donors (Lipinski definition) is 1. The van der Waals surface area contributed by atoms with Crippen LogP contribution in [-0.2, 0) is 5.54 Å². The Hall–Kier alpha value is -0.610. The van der Waals surface area contributed by atoms with Crippen molar-refractivity contribution in [3.8, 4) is 0 Å². The predicted octanol–water partition coefficient (Wildman–Crippen LogP) is 2.53. The van der Waals surface area contributed by atoms with Crippen molar-refractivity contribution < 1.29 is 0 Å². The van der Waals surface area contributed by atoms with Crippen molar-refractivity contribution in [3.63, 3.8) is 0 Å². The molecule has 1 heterocycles. The first kappa shape index (κ1) is 12.5. The Morgan fingerprint density at radius 3 is 2.13 bits per heavy atom. The maximum absolute atomic E-state index is 6.16. The highest BCUT2D eigenvalue weighted by molar-refractivity contribution is 7.15. The number of rotatable bonds is 3. The number of aromatic nitrogens is 1. The molecular weight excluding hydrogens is 206 g/mol. The maximum atomic E-state index is 6.16. The number of hydrogen-bond acceptors (Lipinski definition) is 4. The zero-order valence-electron chi connectivity index (χ0n) is 10.5. The summed E-state index contributed by atoms with van der Waals surface area (Å²) in [5.41, 5.74) is 7.00. The lowest BCUT2D eigenvalue weighted by Crippen LogP contribution is -2.28. The van der Waals surface area contributed by atoms with E-state index in [1.165, 1.54) is 4.88 Å². The average molecular weight is 227 g/mol. The van der Waals surface area contributed by atoms with Gasteiger partial charge in [-0.15, -0.1) is 0 Å². The molecule has 0 bridgehead atoms. The standard InChI is InChI=1S/C11H21N3S/c1-7(2)8-9(11(3,4)12)15-10(13-8)14(5)6/h7H,12H2,1-6H3. The highest BCUT2D eigenvalue weighted by atomic mass is 32.1. The van der Waals surface area contributed by atoms with Crippen molar-refractivity contribution in [1.29, 1.82) is 0 Å². The molecule has 0 aliphatic carbocycles. The number of nitrogens with two attached hydrogens (primary N) is 1. The molecule has 2 N–H and O–H groups in total. The molecule has 1 aromatic rings. The maximum Gasteiger partial charge on any atom is 0.185 e. The van der Waals surface area contributed by atoms with E-state index in [1.54, 1.807) is 11.3 Å². The summed E-state index contributed by atoms with van der Waals surface area (Å²) in [5, 5.41) is 1.03. The Bertz CT molecular complexity index is 334. The van der Waals surface area contributed by atoms with Crippen LogP contribution < -0.4 is 10.6 Å². The molecule has 0 saturated heterocycles. The molecule has 15 heavy (non-hydrogen) atoms. The zero-order valence-corrected chi connectivity index (χ0v) is 11.3. The SMILES string of the molecule is CC(C)c1nc(N(C)C)sc1C(C)(C)N. The fourth-order valence-electron chi connectivity index (χ4n) is 1.36. The molecule has 0 unspecified atom stereocenters. The summed E-state index contributed by atoms with van der Waals surface area (Å²) in [4.78, 5) is 7.87. The van der Waals surface area contributed by atoms with Crippen LogP contribution in [0.15, 0.2) is 0 Å². The van der Waals surface area contributed by atoms with Gasteiger partial charge in [0.05, 0.1) is 5.69 Å². The van der Waals surface area contributed by atoms with E-state index in [0.717, 1.165) is 10.8 Å². The Morgan fingerprint density at radius 2 is 1.87 bits per heavy atom. The van der Waals surface area contributed by atoms with Crippen LogP contribution in [0.1, 0.15) is 44.2 Å². The fraction of sp³-hybridized carbons (Fsp3) is 0.727. The monoisotopic (exact) mass is 227 g/mol. The minimum absolute atomic E-state index is 0.300. The minimum atomic E-state index is -0.300. The molecule has 0 saturated carbocycles. The topological polar surface area (TPSA) is 42.2 Å². The van der Waals surface area contributed by atoms with Gasteiger partial charge in [0, 0.05) is 24.5 Å². The van der Waals surface area contributed by atoms with E-state index in [0.29, 0.717) is 5.92 Å².